The number of para-hydroxylation sites is 1. The van der Waals surface area contributed by atoms with Gasteiger partial charge in [-0.15, -0.1) is 22.7 Å². The Balaban J connectivity index is 1.22. The number of fused-ring (bicyclic) bond motifs is 1. The normalized spacial score (nSPS) is 14.1. The average molecular weight is 717 g/mol. The lowest BCUT2D eigenvalue weighted by molar-refractivity contribution is -0.121. The molecule has 2 aromatic carbocycles. The second-order valence-corrected chi connectivity index (χ2v) is 14.5. The van der Waals surface area contributed by atoms with Gasteiger partial charge in [0.1, 0.15) is 22.7 Å². The molecular weight excluding hydrogens is 680 g/mol. The molecule has 3 heterocycles. The smallest absolute Gasteiger partial charge is 0.259 e. The number of aryl methyl sites for hydroxylation is 3. The van der Waals surface area contributed by atoms with Gasteiger partial charge in [0.15, 0.2) is 5.13 Å². The fourth-order valence-corrected chi connectivity index (χ4v) is 7.46. The van der Waals surface area contributed by atoms with Gasteiger partial charge in [-0.25, -0.2) is 4.98 Å². The summed E-state index contributed by atoms with van der Waals surface area (Å²) >= 11 is 9.05. The molecule has 5 N–H and O–H groups in total. The summed E-state index contributed by atoms with van der Waals surface area (Å²) in [6.45, 7) is 9.65. The van der Waals surface area contributed by atoms with Crippen LogP contribution in [0.1, 0.15) is 68.7 Å². The highest BCUT2D eigenvalue weighted by Gasteiger charge is 2.34. The molecule has 0 saturated heterocycles. The predicted octanol–water partition coefficient (Wildman–Crippen LogP) is 7.27. The van der Waals surface area contributed by atoms with E-state index in [2.05, 4.69) is 20.9 Å². The first-order valence-electron chi connectivity index (χ1n) is 15.6. The number of nitrogens with zero attached hydrogens (tertiary/aromatic N) is 3. The highest BCUT2D eigenvalue weighted by Crippen LogP contribution is 2.40. The van der Waals surface area contributed by atoms with Crippen LogP contribution in [0.5, 0.6) is 0 Å². The number of hydrogen-bond donors (Lipinski definition) is 5. The molecule has 0 fully saturated rings. The fraction of sp³-hybridized carbons (Fsp3) is 0.286. The lowest BCUT2D eigenvalue weighted by Gasteiger charge is -2.24. The van der Waals surface area contributed by atoms with Crippen LogP contribution in [-0.4, -0.2) is 52.7 Å². The number of anilines is 3. The molecule has 2 aromatic heterocycles. The molecule has 14 heteroatoms. The minimum absolute atomic E-state index is 0.0383. The number of carbonyl (C=O) groups is 3. The summed E-state index contributed by atoms with van der Waals surface area (Å²) < 4.78 is 0. The van der Waals surface area contributed by atoms with E-state index >= 15 is 0 Å². The van der Waals surface area contributed by atoms with E-state index in [1.807, 2.05) is 39.8 Å². The number of aromatic nitrogens is 1. The van der Waals surface area contributed by atoms with Crippen LogP contribution in [0.25, 0.3) is 0 Å². The van der Waals surface area contributed by atoms with Gasteiger partial charge in [-0.05, 0) is 70.9 Å². The van der Waals surface area contributed by atoms with Gasteiger partial charge in [0.25, 0.3) is 5.91 Å². The molecule has 0 radical (unpaired) electrons. The van der Waals surface area contributed by atoms with Crippen LogP contribution in [0.3, 0.4) is 0 Å². The molecule has 0 saturated carbocycles. The van der Waals surface area contributed by atoms with E-state index in [4.69, 9.17) is 27.4 Å². The number of amides is 3. The third kappa shape index (κ3) is 8.12. The van der Waals surface area contributed by atoms with Gasteiger partial charge >= 0.3 is 0 Å². The number of nitrogens with one attached hydrogen (secondary N) is 5. The maximum Gasteiger partial charge on any atom is 0.259 e. The number of carbonyl (C=O) groups excluding carboxylic acids is 3. The van der Waals surface area contributed by atoms with Crippen molar-refractivity contribution in [3.05, 3.63) is 91.3 Å². The Morgan fingerprint density at radius 2 is 1.67 bits per heavy atom. The minimum Gasteiger partial charge on any atom is -0.356 e. The molecular formula is C35H37ClN8O3S2. The van der Waals surface area contributed by atoms with Gasteiger partial charge < -0.3 is 10.6 Å². The number of aliphatic imine (C=N–C) groups is 1. The van der Waals surface area contributed by atoms with Gasteiger partial charge in [-0.2, -0.15) is 0 Å². The molecule has 5 rings (SSSR count). The van der Waals surface area contributed by atoms with Crippen LogP contribution in [0.4, 0.5) is 15.8 Å². The van der Waals surface area contributed by atoms with Crippen molar-refractivity contribution < 1.29 is 14.4 Å². The van der Waals surface area contributed by atoms with Crippen molar-refractivity contribution in [2.24, 2.45) is 4.99 Å². The Labute approximate surface area is 297 Å². The maximum absolute atomic E-state index is 13.2. The Kier molecular flexibility index (Phi) is 11.1. The summed E-state index contributed by atoms with van der Waals surface area (Å²) in [5, 5.41) is 27.8. The molecule has 4 aromatic rings. The zero-order valence-electron chi connectivity index (χ0n) is 27.8. The van der Waals surface area contributed by atoms with E-state index in [0.717, 1.165) is 37.1 Å². The molecule has 254 valence electrons. The second kappa shape index (κ2) is 15.2. The third-order valence-corrected chi connectivity index (χ3v) is 10.5. The molecule has 0 aliphatic carbocycles. The van der Waals surface area contributed by atoms with Crippen LogP contribution < -0.4 is 20.9 Å². The molecule has 49 heavy (non-hydrogen) atoms. The highest BCUT2D eigenvalue weighted by atomic mass is 35.5. The van der Waals surface area contributed by atoms with Crippen LogP contribution in [0.15, 0.2) is 53.5 Å². The summed E-state index contributed by atoms with van der Waals surface area (Å²) in [6.07, 6.45) is 0.352. The van der Waals surface area contributed by atoms with E-state index in [1.165, 1.54) is 22.7 Å². The second-order valence-electron chi connectivity index (χ2n) is 11.6. The quantitative estimate of drug-likeness (QED) is 0.0661. The lowest BCUT2D eigenvalue weighted by atomic mass is 9.99. The fourth-order valence-electron chi connectivity index (χ4n) is 5.31. The summed E-state index contributed by atoms with van der Waals surface area (Å²) in [5.41, 5.74) is 4.82. The SMILES string of the molecule is CC(=N)N1C(=N)[C@H](CC(=O)NCCCC(=O)Nc2ccccc2C(=O)Nc2nc(C)c(C)s2)N=C(c2ccc(Cl)cc2)c2c1sc(C)c2C. The first kappa shape index (κ1) is 35.6. The zero-order valence-corrected chi connectivity index (χ0v) is 30.2. The van der Waals surface area contributed by atoms with Crippen molar-refractivity contribution in [3.63, 3.8) is 0 Å². The number of rotatable bonds is 10. The molecule has 11 nitrogen and oxygen atoms in total. The standard InChI is InChI=1S/C35H37ClN8O3S2/c1-18-20(3)48-34-30(18)31(23-12-14-24(36)15-13-23)42-27(32(38)44(34)22(5)37)17-29(46)39-16-8-11-28(45)41-26-10-7-6-9-25(26)33(47)43-35-40-19(2)21(4)49-35/h6-7,9-10,12-15,27,37-38H,8,11,16-17H2,1-5H3,(H,39,46)(H,41,45)(H,40,43,47)/t27-/m0/s1. The molecule has 1 aliphatic rings. The number of benzene rings is 2. The molecule has 1 aliphatic heterocycles. The Morgan fingerprint density at radius 1 is 0.959 bits per heavy atom. The molecule has 0 spiro atoms. The summed E-state index contributed by atoms with van der Waals surface area (Å²) in [7, 11) is 0. The molecule has 1 atom stereocenters. The number of amidine groups is 2. The molecule has 0 bridgehead atoms. The Bertz CT molecular complexity index is 1960. The van der Waals surface area contributed by atoms with Crippen molar-refractivity contribution in [2.45, 2.75) is 59.9 Å². The van der Waals surface area contributed by atoms with Crippen LogP contribution in [0, 0.1) is 38.5 Å². The van der Waals surface area contributed by atoms with Gasteiger partial charge in [0.2, 0.25) is 11.8 Å². The highest BCUT2D eigenvalue weighted by molar-refractivity contribution is 7.17. The first-order chi connectivity index (χ1) is 23.3. The number of thiophene rings is 1. The zero-order chi connectivity index (χ0) is 35.4. The van der Waals surface area contributed by atoms with E-state index in [9.17, 15) is 14.4 Å². The van der Waals surface area contributed by atoms with E-state index in [1.54, 1.807) is 48.2 Å². The van der Waals surface area contributed by atoms with E-state index < -0.39 is 6.04 Å². The molecule has 3 amide bonds. The minimum atomic E-state index is -0.853. The van der Waals surface area contributed by atoms with Crippen molar-refractivity contribution in [1.82, 2.24) is 10.3 Å². The summed E-state index contributed by atoms with van der Waals surface area (Å²) in [6, 6.07) is 13.2. The van der Waals surface area contributed by atoms with Gasteiger partial charge in [-0.1, -0.05) is 35.9 Å². The average Bonchev–Trinajstić information content (AvgIpc) is 3.48. The van der Waals surface area contributed by atoms with Gasteiger partial charge in [0.05, 0.1) is 29.1 Å². The van der Waals surface area contributed by atoms with Crippen LogP contribution in [-0.2, 0) is 9.59 Å². The maximum atomic E-state index is 13.2. The summed E-state index contributed by atoms with van der Waals surface area (Å²) in [4.78, 5) is 51.9. The summed E-state index contributed by atoms with van der Waals surface area (Å²) in [5.74, 6) is -0.808. The van der Waals surface area contributed by atoms with E-state index in [-0.39, 0.29) is 48.8 Å². The van der Waals surface area contributed by atoms with Crippen LogP contribution >= 0.6 is 34.3 Å². The molecule has 0 unspecified atom stereocenters. The topological polar surface area (TPSA) is 163 Å². The Morgan fingerprint density at radius 3 is 2.35 bits per heavy atom. The van der Waals surface area contributed by atoms with Crippen molar-refractivity contribution in [1.29, 1.82) is 10.8 Å². The van der Waals surface area contributed by atoms with Crippen molar-refractivity contribution in [2.75, 3.05) is 22.1 Å². The van der Waals surface area contributed by atoms with Gasteiger partial charge in [-0.3, -0.25) is 40.4 Å². The number of thiazole rings is 1. The monoisotopic (exact) mass is 716 g/mol. The third-order valence-electron chi connectivity index (χ3n) is 8.08. The Hall–Kier alpha value is -4.72. The first-order valence-corrected chi connectivity index (χ1v) is 17.6. The number of halogens is 1. The van der Waals surface area contributed by atoms with Crippen molar-refractivity contribution in [3.8, 4) is 0 Å². The van der Waals surface area contributed by atoms with E-state index in [0.29, 0.717) is 33.5 Å². The lowest BCUT2D eigenvalue weighted by Crippen LogP contribution is -2.42. The van der Waals surface area contributed by atoms with Crippen LogP contribution in [0.2, 0.25) is 5.02 Å². The van der Waals surface area contributed by atoms with Gasteiger partial charge in [0, 0.05) is 38.9 Å². The predicted molar refractivity (Wildman–Crippen MR) is 200 cm³/mol. The largest absolute Gasteiger partial charge is 0.356 e. The number of hydrogen-bond acceptors (Lipinski definition) is 9. The van der Waals surface area contributed by atoms with Crippen molar-refractivity contribution >= 4 is 85.2 Å².